The number of methoxy groups -OCH3 is 1. The molecular weight excluding hydrogens is 377 g/mol. The number of aromatic nitrogens is 1. The van der Waals surface area contributed by atoms with E-state index in [2.05, 4.69) is 20.4 Å². The third-order valence-electron chi connectivity index (χ3n) is 3.88. The topological polar surface area (TPSA) is 97.4 Å². The molecule has 8 heteroatoms. The first-order valence-electron chi connectivity index (χ1n) is 8.50. The Kier molecular flexibility index (Phi) is 5.94. The van der Waals surface area contributed by atoms with Gasteiger partial charge in [0.25, 0.3) is 11.8 Å². The normalized spacial score (nSPS) is 10.1. The van der Waals surface area contributed by atoms with E-state index in [1.54, 1.807) is 24.3 Å². The summed E-state index contributed by atoms with van der Waals surface area (Å²) in [6.07, 6.45) is 0. The number of para-hydroxylation sites is 1. The monoisotopic (exact) mass is 393 g/mol. The minimum Gasteiger partial charge on any atom is -0.465 e. The maximum atomic E-state index is 13.7. The van der Waals surface area contributed by atoms with E-state index in [1.807, 2.05) is 0 Å². The molecule has 0 fully saturated rings. The minimum absolute atomic E-state index is 0.00813. The van der Waals surface area contributed by atoms with Crippen LogP contribution in [0.4, 0.5) is 15.8 Å². The summed E-state index contributed by atoms with van der Waals surface area (Å²) in [4.78, 5) is 40.4. The summed E-state index contributed by atoms with van der Waals surface area (Å²) in [5, 5.41) is 5.01. The van der Waals surface area contributed by atoms with Gasteiger partial charge in [0, 0.05) is 5.69 Å². The van der Waals surface area contributed by atoms with E-state index in [0.29, 0.717) is 5.69 Å². The Morgan fingerprint density at radius 1 is 0.862 bits per heavy atom. The molecule has 146 valence electrons. The van der Waals surface area contributed by atoms with Crippen molar-refractivity contribution in [2.75, 3.05) is 17.7 Å². The highest BCUT2D eigenvalue weighted by molar-refractivity contribution is 6.06. The van der Waals surface area contributed by atoms with Crippen LogP contribution >= 0.6 is 0 Å². The van der Waals surface area contributed by atoms with Crippen LogP contribution in [-0.2, 0) is 4.74 Å². The first-order valence-corrected chi connectivity index (χ1v) is 8.50. The van der Waals surface area contributed by atoms with Crippen molar-refractivity contribution < 1.29 is 23.5 Å². The van der Waals surface area contributed by atoms with Gasteiger partial charge in [-0.25, -0.2) is 14.2 Å². The Bertz CT molecular complexity index is 1080. The van der Waals surface area contributed by atoms with E-state index in [0.717, 1.165) is 0 Å². The predicted molar refractivity (Wildman–Crippen MR) is 104 cm³/mol. The largest absolute Gasteiger partial charge is 0.465 e. The molecule has 0 bridgehead atoms. The van der Waals surface area contributed by atoms with Crippen LogP contribution in [0.1, 0.15) is 31.3 Å². The van der Waals surface area contributed by atoms with Crippen LogP contribution in [0.2, 0.25) is 0 Å². The number of carbonyl (C=O) groups excluding carboxylic acids is 3. The number of esters is 1. The predicted octanol–water partition coefficient (Wildman–Crippen LogP) is 3.51. The zero-order valence-electron chi connectivity index (χ0n) is 15.3. The Labute approximate surface area is 165 Å². The van der Waals surface area contributed by atoms with Crippen LogP contribution in [0.5, 0.6) is 0 Å². The summed E-state index contributed by atoms with van der Waals surface area (Å²) < 4.78 is 18.3. The van der Waals surface area contributed by atoms with E-state index in [1.165, 1.54) is 49.6 Å². The maximum absolute atomic E-state index is 13.7. The molecule has 2 amide bonds. The number of pyridine rings is 1. The molecule has 0 aliphatic rings. The Morgan fingerprint density at radius 3 is 2.21 bits per heavy atom. The van der Waals surface area contributed by atoms with Gasteiger partial charge in [0.15, 0.2) is 0 Å². The van der Waals surface area contributed by atoms with Crippen molar-refractivity contribution in [2.45, 2.75) is 0 Å². The molecule has 1 aromatic heterocycles. The van der Waals surface area contributed by atoms with Crippen LogP contribution in [0.15, 0.2) is 66.7 Å². The lowest BCUT2D eigenvalue weighted by atomic mass is 10.2. The van der Waals surface area contributed by atoms with Crippen molar-refractivity contribution in [2.24, 2.45) is 0 Å². The molecule has 3 aromatic rings. The minimum atomic E-state index is -0.655. The molecule has 0 aliphatic heterocycles. The summed E-state index contributed by atoms with van der Waals surface area (Å²) in [5.74, 6) is -2.35. The second kappa shape index (κ2) is 8.75. The molecule has 0 aliphatic carbocycles. The highest BCUT2D eigenvalue weighted by Gasteiger charge is 2.15. The molecule has 0 saturated carbocycles. The van der Waals surface area contributed by atoms with Crippen molar-refractivity contribution in [1.82, 2.24) is 4.98 Å². The number of nitrogens with one attached hydrogen (secondary N) is 2. The SMILES string of the molecule is COC(=O)c1cccc(NC(=O)c2cccc(C(=O)Nc3ccccc3F)n2)c1. The van der Waals surface area contributed by atoms with Gasteiger partial charge in [0.2, 0.25) is 0 Å². The van der Waals surface area contributed by atoms with Gasteiger partial charge in [-0.1, -0.05) is 24.3 Å². The summed E-state index contributed by atoms with van der Waals surface area (Å²) >= 11 is 0. The quantitative estimate of drug-likeness (QED) is 0.647. The third kappa shape index (κ3) is 4.81. The molecule has 1 heterocycles. The molecule has 2 N–H and O–H groups in total. The molecule has 2 aromatic carbocycles. The number of ether oxygens (including phenoxy) is 1. The van der Waals surface area contributed by atoms with Crippen LogP contribution < -0.4 is 10.6 Å². The Hall–Kier alpha value is -4.07. The van der Waals surface area contributed by atoms with Crippen molar-refractivity contribution in [3.8, 4) is 0 Å². The van der Waals surface area contributed by atoms with Crippen molar-refractivity contribution in [1.29, 1.82) is 0 Å². The first-order chi connectivity index (χ1) is 14.0. The van der Waals surface area contributed by atoms with Gasteiger partial charge in [0.1, 0.15) is 17.2 Å². The van der Waals surface area contributed by atoms with E-state index in [-0.39, 0.29) is 22.6 Å². The van der Waals surface area contributed by atoms with Crippen LogP contribution in [0, 0.1) is 5.82 Å². The van der Waals surface area contributed by atoms with Crippen LogP contribution in [0.3, 0.4) is 0 Å². The molecule has 0 atom stereocenters. The highest BCUT2D eigenvalue weighted by atomic mass is 19.1. The van der Waals surface area contributed by atoms with Crippen molar-refractivity contribution in [3.05, 3.63) is 89.5 Å². The second-order valence-electron chi connectivity index (χ2n) is 5.87. The van der Waals surface area contributed by atoms with E-state index < -0.39 is 23.6 Å². The molecule has 0 radical (unpaired) electrons. The van der Waals surface area contributed by atoms with Gasteiger partial charge in [0.05, 0.1) is 18.4 Å². The summed E-state index contributed by atoms with van der Waals surface area (Å²) in [6, 6.07) is 16.2. The molecule has 0 saturated heterocycles. The van der Waals surface area contributed by atoms with Gasteiger partial charge >= 0.3 is 5.97 Å². The Balaban J connectivity index is 1.75. The van der Waals surface area contributed by atoms with Crippen molar-refractivity contribution in [3.63, 3.8) is 0 Å². The fourth-order valence-corrected chi connectivity index (χ4v) is 2.47. The number of nitrogens with zero attached hydrogens (tertiary/aromatic N) is 1. The zero-order chi connectivity index (χ0) is 20.8. The molecular formula is C21H16FN3O4. The van der Waals surface area contributed by atoms with E-state index >= 15 is 0 Å². The van der Waals surface area contributed by atoms with Gasteiger partial charge in [-0.3, -0.25) is 9.59 Å². The van der Waals surface area contributed by atoms with Gasteiger partial charge < -0.3 is 15.4 Å². The fraction of sp³-hybridized carbons (Fsp3) is 0.0476. The number of hydrogen-bond acceptors (Lipinski definition) is 5. The third-order valence-corrected chi connectivity index (χ3v) is 3.88. The van der Waals surface area contributed by atoms with Crippen LogP contribution in [0.25, 0.3) is 0 Å². The van der Waals surface area contributed by atoms with Gasteiger partial charge in [-0.2, -0.15) is 0 Å². The second-order valence-corrected chi connectivity index (χ2v) is 5.87. The number of anilines is 2. The lowest BCUT2D eigenvalue weighted by Gasteiger charge is -2.08. The number of amides is 2. The molecule has 0 unspecified atom stereocenters. The lowest BCUT2D eigenvalue weighted by Crippen LogP contribution is -2.19. The lowest BCUT2D eigenvalue weighted by molar-refractivity contribution is 0.0600. The average molecular weight is 393 g/mol. The first kappa shape index (κ1) is 19.7. The number of halogens is 1. The van der Waals surface area contributed by atoms with Gasteiger partial charge in [-0.15, -0.1) is 0 Å². The number of carbonyl (C=O) groups is 3. The summed E-state index contributed by atoms with van der Waals surface area (Å²) in [6.45, 7) is 0. The fourth-order valence-electron chi connectivity index (χ4n) is 2.47. The highest BCUT2D eigenvalue weighted by Crippen LogP contribution is 2.15. The Morgan fingerprint density at radius 2 is 1.52 bits per heavy atom. The number of rotatable bonds is 5. The molecule has 3 rings (SSSR count). The number of hydrogen-bond donors (Lipinski definition) is 2. The average Bonchev–Trinajstić information content (AvgIpc) is 2.75. The molecule has 0 spiro atoms. The van der Waals surface area contributed by atoms with Crippen molar-refractivity contribution >= 4 is 29.2 Å². The summed E-state index contributed by atoms with van der Waals surface area (Å²) in [5.41, 5.74) is 0.574. The maximum Gasteiger partial charge on any atom is 0.337 e. The standard InChI is InChI=1S/C21H16FN3O4/c1-29-21(28)13-6-4-7-14(12-13)23-19(26)17-10-5-11-18(24-17)20(27)25-16-9-3-2-8-15(16)22/h2-12H,1H3,(H,23,26)(H,25,27). The van der Waals surface area contributed by atoms with E-state index in [4.69, 9.17) is 0 Å². The zero-order valence-corrected chi connectivity index (χ0v) is 15.3. The van der Waals surface area contributed by atoms with Gasteiger partial charge in [-0.05, 0) is 42.5 Å². The van der Waals surface area contributed by atoms with Crippen LogP contribution in [-0.4, -0.2) is 29.9 Å². The van der Waals surface area contributed by atoms with E-state index in [9.17, 15) is 18.8 Å². The smallest absolute Gasteiger partial charge is 0.337 e. The summed E-state index contributed by atoms with van der Waals surface area (Å²) in [7, 11) is 1.26. The molecule has 29 heavy (non-hydrogen) atoms. The molecule has 7 nitrogen and oxygen atoms in total. The number of benzene rings is 2.